The summed E-state index contributed by atoms with van der Waals surface area (Å²) in [5.74, 6) is 0. The van der Waals surface area contributed by atoms with Gasteiger partial charge in [-0.05, 0) is 41.5 Å². The first-order chi connectivity index (χ1) is 10.5. The molecule has 0 heterocycles. The summed E-state index contributed by atoms with van der Waals surface area (Å²) >= 11 is 7.09. The maximum absolute atomic E-state index is 9.24. The fraction of sp³-hybridized carbons (Fsp3) is 0.158. The maximum Gasteiger partial charge on any atom is 0.102 e. The number of thioether (sulfide) groups is 1. The molecule has 0 unspecified atom stereocenters. The standard InChI is InChI=1S/C19H15NS2/c1-19(2,12-20)22-18(21)17-11-13-7-3-4-8-14(13)15-9-5-6-10-16(15)17/h3-11H,1-2H3. The predicted octanol–water partition coefficient (Wildman–Crippen LogP) is 5.70. The number of fused-ring (bicyclic) bond motifs is 3. The van der Waals surface area contributed by atoms with Gasteiger partial charge in [0, 0.05) is 5.56 Å². The van der Waals surface area contributed by atoms with Gasteiger partial charge in [0.1, 0.15) is 4.75 Å². The van der Waals surface area contributed by atoms with Crippen molar-refractivity contribution in [2.24, 2.45) is 0 Å². The van der Waals surface area contributed by atoms with Gasteiger partial charge in [-0.2, -0.15) is 5.26 Å². The Morgan fingerprint density at radius 2 is 1.59 bits per heavy atom. The predicted molar refractivity (Wildman–Crippen MR) is 100 cm³/mol. The number of rotatable bonds is 2. The van der Waals surface area contributed by atoms with Crippen LogP contribution in [0.3, 0.4) is 0 Å². The molecule has 3 aromatic carbocycles. The van der Waals surface area contributed by atoms with E-state index in [-0.39, 0.29) is 0 Å². The van der Waals surface area contributed by atoms with Gasteiger partial charge in [0.2, 0.25) is 0 Å². The van der Waals surface area contributed by atoms with Crippen LogP contribution in [-0.4, -0.2) is 8.94 Å². The van der Waals surface area contributed by atoms with E-state index in [1.807, 2.05) is 32.0 Å². The Morgan fingerprint density at radius 1 is 1.00 bits per heavy atom. The molecule has 3 heteroatoms. The Balaban J connectivity index is 2.24. The fourth-order valence-electron chi connectivity index (χ4n) is 2.53. The molecule has 0 atom stereocenters. The average Bonchev–Trinajstić information content (AvgIpc) is 2.53. The average molecular weight is 321 g/mol. The molecular weight excluding hydrogens is 306 g/mol. The van der Waals surface area contributed by atoms with Crippen molar-refractivity contribution in [3.05, 3.63) is 60.2 Å². The summed E-state index contributed by atoms with van der Waals surface area (Å²) in [5, 5.41) is 14.0. The zero-order valence-electron chi connectivity index (χ0n) is 12.5. The molecule has 0 fully saturated rings. The summed E-state index contributed by atoms with van der Waals surface area (Å²) in [6, 6.07) is 21.1. The molecule has 0 spiro atoms. The number of hydrogen-bond donors (Lipinski definition) is 0. The molecule has 0 aliphatic heterocycles. The molecule has 3 rings (SSSR count). The molecule has 0 saturated heterocycles. The van der Waals surface area contributed by atoms with Crippen molar-refractivity contribution in [1.29, 1.82) is 5.26 Å². The fourth-order valence-corrected chi connectivity index (χ4v) is 4.11. The molecule has 3 aromatic rings. The van der Waals surface area contributed by atoms with Crippen LogP contribution in [0, 0.1) is 11.3 Å². The van der Waals surface area contributed by atoms with Gasteiger partial charge in [-0.15, -0.1) is 0 Å². The quantitative estimate of drug-likeness (QED) is 0.446. The van der Waals surface area contributed by atoms with Crippen molar-refractivity contribution >= 4 is 49.7 Å². The van der Waals surface area contributed by atoms with E-state index >= 15 is 0 Å². The lowest BCUT2D eigenvalue weighted by Gasteiger charge is -2.17. The van der Waals surface area contributed by atoms with E-state index in [9.17, 15) is 5.26 Å². The Morgan fingerprint density at radius 3 is 2.27 bits per heavy atom. The van der Waals surface area contributed by atoms with Crippen LogP contribution < -0.4 is 0 Å². The zero-order chi connectivity index (χ0) is 15.7. The molecule has 0 bridgehead atoms. The summed E-state index contributed by atoms with van der Waals surface area (Å²) in [6.07, 6.45) is 0. The molecule has 0 aliphatic rings. The third-order valence-electron chi connectivity index (χ3n) is 3.61. The first kappa shape index (κ1) is 15.0. The summed E-state index contributed by atoms with van der Waals surface area (Å²) < 4.78 is 0.248. The van der Waals surface area contributed by atoms with Crippen molar-refractivity contribution in [1.82, 2.24) is 0 Å². The van der Waals surface area contributed by atoms with E-state index < -0.39 is 4.75 Å². The van der Waals surface area contributed by atoms with E-state index in [2.05, 4.69) is 42.5 Å². The first-order valence-corrected chi connectivity index (χ1v) is 8.29. The molecule has 108 valence electrons. The van der Waals surface area contributed by atoms with Crippen LogP contribution >= 0.6 is 24.0 Å². The number of benzene rings is 3. The lowest BCUT2D eigenvalue weighted by Crippen LogP contribution is -2.14. The molecule has 22 heavy (non-hydrogen) atoms. The van der Waals surface area contributed by atoms with Gasteiger partial charge in [0.25, 0.3) is 0 Å². The highest BCUT2D eigenvalue weighted by atomic mass is 32.2. The van der Waals surface area contributed by atoms with Crippen LogP contribution in [-0.2, 0) is 0 Å². The number of thiocarbonyl (C=S) groups is 1. The molecule has 1 nitrogen and oxygen atoms in total. The number of nitriles is 1. The van der Waals surface area contributed by atoms with Gasteiger partial charge in [0.05, 0.1) is 10.3 Å². The Labute approximate surface area is 139 Å². The lowest BCUT2D eigenvalue weighted by atomic mass is 9.98. The second-order valence-electron chi connectivity index (χ2n) is 5.70. The van der Waals surface area contributed by atoms with Crippen LogP contribution in [0.5, 0.6) is 0 Å². The summed E-state index contributed by atoms with van der Waals surface area (Å²) in [6.45, 7) is 3.79. The van der Waals surface area contributed by atoms with Gasteiger partial charge >= 0.3 is 0 Å². The highest BCUT2D eigenvalue weighted by Crippen LogP contribution is 2.34. The third kappa shape index (κ3) is 2.72. The maximum atomic E-state index is 9.24. The van der Waals surface area contributed by atoms with Crippen molar-refractivity contribution in [3.8, 4) is 6.07 Å². The minimum absolute atomic E-state index is 0.524. The Hall–Kier alpha value is -1.89. The second kappa shape index (κ2) is 5.72. The monoisotopic (exact) mass is 321 g/mol. The Bertz CT molecular complexity index is 920. The van der Waals surface area contributed by atoms with E-state index in [4.69, 9.17) is 12.2 Å². The normalized spacial score (nSPS) is 11.5. The van der Waals surface area contributed by atoms with E-state index in [0.29, 0.717) is 0 Å². The Kier molecular flexibility index (Phi) is 3.90. The molecule has 0 amide bonds. The van der Waals surface area contributed by atoms with Gasteiger partial charge in [-0.3, -0.25) is 0 Å². The summed E-state index contributed by atoms with van der Waals surface area (Å²) in [5.41, 5.74) is 1.04. The number of hydrogen-bond acceptors (Lipinski definition) is 3. The lowest BCUT2D eigenvalue weighted by molar-refractivity contribution is 0.921. The first-order valence-electron chi connectivity index (χ1n) is 7.07. The van der Waals surface area contributed by atoms with Gasteiger partial charge in [-0.1, -0.05) is 72.5 Å². The van der Waals surface area contributed by atoms with Crippen molar-refractivity contribution < 1.29 is 0 Å². The summed E-state index contributed by atoms with van der Waals surface area (Å²) in [4.78, 5) is 0. The van der Waals surface area contributed by atoms with Gasteiger partial charge in [0.15, 0.2) is 0 Å². The van der Waals surface area contributed by atoms with Crippen LogP contribution in [0.1, 0.15) is 19.4 Å². The van der Waals surface area contributed by atoms with Crippen LogP contribution in [0.4, 0.5) is 0 Å². The SMILES string of the molecule is CC(C)(C#N)SC(=S)c1cc2ccccc2c2ccccc12. The highest BCUT2D eigenvalue weighted by Gasteiger charge is 2.22. The van der Waals surface area contributed by atoms with E-state index in [0.717, 1.165) is 15.1 Å². The van der Waals surface area contributed by atoms with Crippen LogP contribution in [0.25, 0.3) is 21.5 Å². The molecule has 0 radical (unpaired) electrons. The largest absolute Gasteiger partial charge is 0.197 e. The molecule has 0 N–H and O–H groups in total. The smallest absolute Gasteiger partial charge is 0.102 e. The highest BCUT2D eigenvalue weighted by molar-refractivity contribution is 8.24. The molecule has 0 saturated carbocycles. The van der Waals surface area contributed by atoms with Gasteiger partial charge < -0.3 is 0 Å². The van der Waals surface area contributed by atoms with E-state index in [1.165, 1.54) is 27.9 Å². The summed E-state index contributed by atoms with van der Waals surface area (Å²) in [7, 11) is 0. The van der Waals surface area contributed by atoms with Crippen LogP contribution in [0.2, 0.25) is 0 Å². The minimum Gasteiger partial charge on any atom is -0.197 e. The third-order valence-corrected chi connectivity index (χ3v) is 5.08. The topological polar surface area (TPSA) is 23.8 Å². The van der Waals surface area contributed by atoms with Crippen molar-refractivity contribution in [3.63, 3.8) is 0 Å². The zero-order valence-corrected chi connectivity index (χ0v) is 14.1. The molecular formula is C19H15NS2. The number of nitrogens with zero attached hydrogens (tertiary/aromatic N) is 1. The van der Waals surface area contributed by atoms with Crippen LogP contribution in [0.15, 0.2) is 54.6 Å². The van der Waals surface area contributed by atoms with Gasteiger partial charge in [-0.25, -0.2) is 0 Å². The van der Waals surface area contributed by atoms with Crippen molar-refractivity contribution in [2.45, 2.75) is 18.6 Å². The molecule has 0 aromatic heterocycles. The minimum atomic E-state index is -0.524. The second-order valence-corrected chi connectivity index (χ2v) is 8.00. The van der Waals surface area contributed by atoms with E-state index in [1.54, 1.807) is 0 Å². The van der Waals surface area contributed by atoms with Crippen molar-refractivity contribution in [2.75, 3.05) is 0 Å². The molecule has 0 aliphatic carbocycles.